The van der Waals surface area contributed by atoms with E-state index in [9.17, 15) is 31.2 Å². The lowest BCUT2D eigenvalue weighted by atomic mass is 10.1. The Kier molecular flexibility index (Phi) is 7.63. The molecule has 3 amide bonds. The number of imide groups is 1. The molecular weight excluding hydrogens is 550 g/mol. The van der Waals surface area contributed by atoms with E-state index < -0.39 is 54.6 Å². The first-order valence-electron chi connectivity index (χ1n) is 12.1. The van der Waals surface area contributed by atoms with Crippen molar-refractivity contribution < 1.29 is 40.7 Å². The van der Waals surface area contributed by atoms with Gasteiger partial charge < -0.3 is 14.8 Å². The number of nitrogens with one attached hydrogen (secondary N) is 2. The van der Waals surface area contributed by atoms with Crippen molar-refractivity contribution in [3.63, 3.8) is 0 Å². The topological polar surface area (TPSA) is 165 Å². The highest BCUT2D eigenvalue weighted by molar-refractivity contribution is 7.93. The van der Waals surface area contributed by atoms with Gasteiger partial charge >= 0.3 is 0 Å². The number of fused-ring (bicyclic) bond motifs is 1. The molecule has 2 N–H and O–H groups in total. The Morgan fingerprint density at radius 3 is 2.18 bits per heavy atom. The van der Waals surface area contributed by atoms with Crippen LogP contribution in [0, 0.1) is 0 Å². The number of hydrogen-bond donors (Lipinski definition) is 2. The van der Waals surface area contributed by atoms with Crippen LogP contribution in [0.1, 0.15) is 59.0 Å². The molecule has 0 radical (unpaired) electrons. The Labute approximate surface area is 226 Å². The van der Waals surface area contributed by atoms with E-state index in [2.05, 4.69) is 10.0 Å². The first-order valence-corrected chi connectivity index (χ1v) is 15.7. The van der Waals surface area contributed by atoms with Gasteiger partial charge in [0.2, 0.25) is 15.9 Å². The molecule has 2 aromatic rings. The summed E-state index contributed by atoms with van der Waals surface area (Å²) in [5, 5.41) is 1.89. The summed E-state index contributed by atoms with van der Waals surface area (Å²) in [6.45, 7) is 3.24. The van der Waals surface area contributed by atoms with Gasteiger partial charge in [-0.1, -0.05) is 6.07 Å². The summed E-state index contributed by atoms with van der Waals surface area (Å²) in [7, 11) is -6.14. The maximum absolute atomic E-state index is 13.9. The second-order valence-corrected chi connectivity index (χ2v) is 13.5. The summed E-state index contributed by atoms with van der Waals surface area (Å²) in [6.07, 6.45) is 1.91. The Balaban J connectivity index is 1.87. The minimum Gasteiger partial charge on any atom is -0.493 e. The summed E-state index contributed by atoms with van der Waals surface area (Å²) in [4.78, 5) is 40.4. The number of benzene rings is 2. The molecule has 0 bridgehead atoms. The zero-order valence-corrected chi connectivity index (χ0v) is 23.4. The predicted octanol–water partition coefficient (Wildman–Crippen LogP) is 2.34. The van der Waals surface area contributed by atoms with Crippen molar-refractivity contribution in [2.24, 2.45) is 0 Å². The average Bonchev–Trinajstić information content (AvgIpc) is 3.66. The SMILES string of the molecule is CCOc1cc([C@@H](CS(C)(=O)=O)N2C(=O)c3c(NC(C)=O)ccc(NS(=O)(=O)C4CC4)c3C2=O)ccc1OC. The zero-order chi connectivity index (χ0) is 28.7. The molecule has 0 unspecified atom stereocenters. The second kappa shape index (κ2) is 10.5. The monoisotopic (exact) mass is 579 g/mol. The van der Waals surface area contributed by atoms with Crippen molar-refractivity contribution in [1.29, 1.82) is 0 Å². The molecule has 4 rings (SSSR count). The molecule has 1 heterocycles. The Hall–Kier alpha value is -3.65. The molecule has 0 saturated heterocycles. The van der Waals surface area contributed by atoms with Gasteiger partial charge in [0.15, 0.2) is 11.5 Å². The van der Waals surface area contributed by atoms with Gasteiger partial charge in [0.05, 0.1) is 53.3 Å². The first kappa shape index (κ1) is 28.4. The number of methoxy groups -OCH3 is 1. The molecule has 1 fully saturated rings. The lowest BCUT2D eigenvalue weighted by molar-refractivity contribution is -0.114. The van der Waals surface area contributed by atoms with Gasteiger partial charge in [-0.15, -0.1) is 0 Å². The number of carbonyl (C=O) groups is 3. The van der Waals surface area contributed by atoms with Crippen LogP contribution < -0.4 is 19.5 Å². The summed E-state index contributed by atoms with van der Waals surface area (Å²) in [6, 6.07) is 5.87. The van der Waals surface area contributed by atoms with E-state index in [1.165, 1.54) is 44.4 Å². The van der Waals surface area contributed by atoms with Gasteiger partial charge in [-0.25, -0.2) is 16.8 Å². The highest BCUT2D eigenvalue weighted by atomic mass is 32.2. The maximum Gasteiger partial charge on any atom is 0.264 e. The van der Waals surface area contributed by atoms with Gasteiger partial charge in [-0.3, -0.25) is 24.0 Å². The van der Waals surface area contributed by atoms with Gasteiger partial charge in [0.25, 0.3) is 11.8 Å². The second-order valence-electron chi connectivity index (χ2n) is 9.37. The van der Waals surface area contributed by atoms with E-state index in [0.29, 0.717) is 18.6 Å². The van der Waals surface area contributed by atoms with Crippen LogP contribution in [0.4, 0.5) is 11.4 Å². The molecule has 1 aliphatic carbocycles. The Morgan fingerprint density at radius 1 is 1.03 bits per heavy atom. The molecule has 2 aromatic carbocycles. The lowest BCUT2D eigenvalue weighted by Crippen LogP contribution is -2.38. The molecule has 0 spiro atoms. The largest absolute Gasteiger partial charge is 0.493 e. The van der Waals surface area contributed by atoms with E-state index in [-0.39, 0.29) is 40.4 Å². The quantitative estimate of drug-likeness (QED) is 0.380. The summed E-state index contributed by atoms with van der Waals surface area (Å²) < 4.78 is 63.7. The van der Waals surface area contributed by atoms with E-state index in [0.717, 1.165) is 11.2 Å². The van der Waals surface area contributed by atoms with Crippen LogP contribution in [-0.2, 0) is 24.7 Å². The highest BCUT2D eigenvalue weighted by Gasteiger charge is 2.46. The van der Waals surface area contributed by atoms with Crippen molar-refractivity contribution >= 4 is 49.0 Å². The van der Waals surface area contributed by atoms with Gasteiger partial charge in [0.1, 0.15) is 9.84 Å². The molecule has 1 aliphatic heterocycles. The van der Waals surface area contributed by atoms with Crippen LogP contribution in [0.3, 0.4) is 0 Å². The fourth-order valence-corrected chi connectivity index (χ4v) is 6.75. The molecular formula is C25H29N3O9S2. The molecule has 12 nitrogen and oxygen atoms in total. The number of sulfonamides is 1. The molecule has 1 saturated carbocycles. The van der Waals surface area contributed by atoms with Gasteiger partial charge in [-0.2, -0.15) is 0 Å². The average molecular weight is 580 g/mol. The number of rotatable bonds is 11. The van der Waals surface area contributed by atoms with Crippen LogP contribution in [0.15, 0.2) is 30.3 Å². The third kappa shape index (κ3) is 5.86. The number of nitrogens with zero attached hydrogens (tertiary/aromatic N) is 1. The lowest BCUT2D eigenvalue weighted by Gasteiger charge is -2.27. The predicted molar refractivity (Wildman–Crippen MR) is 143 cm³/mol. The number of sulfone groups is 1. The molecule has 14 heteroatoms. The van der Waals surface area contributed by atoms with Crippen molar-refractivity contribution in [3.05, 3.63) is 47.0 Å². The number of ether oxygens (including phenoxy) is 2. The minimum atomic E-state index is -3.82. The van der Waals surface area contributed by atoms with Crippen LogP contribution in [0.5, 0.6) is 11.5 Å². The first-order chi connectivity index (χ1) is 18.3. The van der Waals surface area contributed by atoms with Crippen LogP contribution in [-0.4, -0.2) is 70.4 Å². The van der Waals surface area contributed by atoms with Crippen molar-refractivity contribution in [2.45, 2.75) is 38.0 Å². The standard InChI is InChI=1S/C25H29N3O9S2/c1-5-37-21-12-15(6-11-20(21)36-3)19(13-38(4,32)33)28-24(30)22-17(26-14(2)29)9-10-18(23(22)25(28)31)27-39(34,35)16-7-8-16/h6,9-12,16,19,27H,5,7-8,13H2,1-4H3,(H,26,29)/t19-/m1/s1. The van der Waals surface area contributed by atoms with Crippen molar-refractivity contribution in [2.75, 3.05) is 35.8 Å². The number of carbonyl (C=O) groups excluding carboxylic acids is 3. The summed E-state index contributed by atoms with van der Waals surface area (Å²) in [5.41, 5.74) is -0.360. The number of hydrogen-bond acceptors (Lipinski definition) is 9. The molecule has 210 valence electrons. The van der Waals surface area contributed by atoms with Crippen molar-refractivity contribution in [1.82, 2.24) is 4.90 Å². The van der Waals surface area contributed by atoms with Crippen LogP contribution in [0.2, 0.25) is 0 Å². The van der Waals surface area contributed by atoms with Gasteiger partial charge in [-0.05, 0) is 49.6 Å². The van der Waals surface area contributed by atoms with Crippen molar-refractivity contribution in [3.8, 4) is 11.5 Å². The Morgan fingerprint density at radius 2 is 1.64 bits per heavy atom. The smallest absolute Gasteiger partial charge is 0.264 e. The highest BCUT2D eigenvalue weighted by Crippen LogP contribution is 2.42. The number of anilines is 2. The fourth-order valence-electron chi connectivity index (χ4n) is 4.43. The normalized spacial score (nSPS) is 16.1. The molecule has 2 aliphatic rings. The fraction of sp³-hybridized carbons (Fsp3) is 0.400. The van der Waals surface area contributed by atoms with E-state index >= 15 is 0 Å². The Bertz CT molecular complexity index is 1570. The van der Waals surface area contributed by atoms with Gasteiger partial charge in [0, 0.05) is 13.2 Å². The maximum atomic E-state index is 13.9. The number of amides is 3. The zero-order valence-electron chi connectivity index (χ0n) is 21.8. The van der Waals surface area contributed by atoms with Crippen LogP contribution in [0.25, 0.3) is 0 Å². The third-order valence-corrected chi connectivity index (χ3v) is 9.02. The third-order valence-electron chi connectivity index (χ3n) is 6.24. The van der Waals surface area contributed by atoms with E-state index in [1.54, 1.807) is 6.92 Å². The van der Waals surface area contributed by atoms with E-state index in [4.69, 9.17) is 9.47 Å². The summed E-state index contributed by atoms with van der Waals surface area (Å²) >= 11 is 0. The van der Waals surface area contributed by atoms with Crippen LogP contribution >= 0.6 is 0 Å². The molecule has 1 atom stereocenters. The van der Waals surface area contributed by atoms with E-state index in [1.807, 2.05) is 0 Å². The summed E-state index contributed by atoms with van der Waals surface area (Å²) in [5.74, 6) is -2.28. The minimum absolute atomic E-state index is 0.00411. The molecule has 39 heavy (non-hydrogen) atoms. The molecule has 0 aromatic heterocycles.